The second-order valence-electron chi connectivity index (χ2n) is 7.63. The summed E-state index contributed by atoms with van der Waals surface area (Å²) in [7, 11) is 3.84. The third kappa shape index (κ3) is 4.69. The molecule has 0 saturated carbocycles. The first-order valence-corrected chi connectivity index (χ1v) is 10.3. The highest BCUT2D eigenvalue weighted by atomic mass is 35.5. The molecule has 1 aromatic heterocycles. The molecule has 31 heavy (non-hydrogen) atoms. The number of fused-ring (bicyclic) bond motifs is 3. The van der Waals surface area contributed by atoms with Crippen molar-refractivity contribution in [1.82, 2.24) is 9.47 Å². The Kier molecular flexibility index (Phi) is 7.21. The highest BCUT2D eigenvalue weighted by Gasteiger charge is 2.27. The average molecular weight is 459 g/mol. The molecular formula is C24H24Cl2N2O3. The smallest absolute Gasteiger partial charge is 0.340 e. The first-order valence-electron chi connectivity index (χ1n) is 9.89. The van der Waals surface area contributed by atoms with Crippen LogP contribution in [0.1, 0.15) is 15.9 Å². The molecule has 2 heterocycles. The molecule has 0 N–H and O–H groups in total. The molecule has 0 spiro atoms. The minimum Gasteiger partial charge on any atom is -0.461 e. The number of nitrogens with zero attached hydrogens (tertiary/aromatic N) is 2. The number of pyridine rings is 1. The zero-order chi connectivity index (χ0) is 21.3. The van der Waals surface area contributed by atoms with Crippen LogP contribution in [0.4, 0.5) is 0 Å². The predicted octanol–water partition coefficient (Wildman–Crippen LogP) is 4.53. The lowest BCUT2D eigenvalue weighted by Gasteiger charge is -2.25. The molecule has 5 nitrogen and oxygen atoms in total. The highest BCUT2D eigenvalue weighted by Crippen LogP contribution is 2.35. The van der Waals surface area contributed by atoms with Gasteiger partial charge >= 0.3 is 5.97 Å². The summed E-state index contributed by atoms with van der Waals surface area (Å²) < 4.78 is 7.24. The minimum absolute atomic E-state index is 0. The molecule has 162 valence electrons. The summed E-state index contributed by atoms with van der Waals surface area (Å²) in [6.07, 6.45) is 0.701. The Morgan fingerprint density at radius 1 is 1.10 bits per heavy atom. The summed E-state index contributed by atoms with van der Waals surface area (Å²) in [6.45, 7) is 1.39. The average Bonchev–Trinajstić information content (AvgIpc) is 2.74. The predicted molar refractivity (Wildman–Crippen MR) is 126 cm³/mol. The van der Waals surface area contributed by atoms with E-state index >= 15 is 0 Å². The normalized spacial score (nSPS) is 12.0. The molecule has 2 aromatic carbocycles. The molecule has 1 aliphatic rings. The van der Waals surface area contributed by atoms with Crippen LogP contribution in [0, 0.1) is 0 Å². The number of halogens is 2. The Morgan fingerprint density at radius 3 is 2.55 bits per heavy atom. The highest BCUT2D eigenvalue weighted by molar-refractivity contribution is 6.31. The molecule has 4 rings (SSSR count). The molecule has 0 saturated heterocycles. The number of aryl methyl sites for hydroxylation is 1. The first-order chi connectivity index (χ1) is 14.5. The number of rotatable bonds is 5. The van der Waals surface area contributed by atoms with Crippen LogP contribution in [-0.2, 0) is 17.7 Å². The van der Waals surface area contributed by atoms with E-state index in [1.54, 1.807) is 10.6 Å². The van der Waals surface area contributed by atoms with Gasteiger partial charge in [0.2, 0.25) is 0 Å². The third-order valence-corrected chi connectivity index (χ3v) is 5.53. The summed E-state index contributed by atoms with van der Waals surface area (Å²) in [5.74, 6) is -0.439. The number of hydrogen-bond acceptors (Lipinski definition) is 4. The van der Waals surface area contributed by atoms with E-state index in [1.165, 1.54) is 0 Å². The molecule has 0 fully saturated rings. The van der Waals surface area contributed by atoms with E-state index < -0.39 is 5.97 Å². The Balaban J connectivity index is 0.00000272. The first kappa shape index (κ1) is 23.1. The van der Waals surface area contributed by atoms with Crippen LogP contribution in [0.3, 0.4) is 0 Å². The molecule has 0 radical (unpaired) electrons. The van der Waals surface area contributed by atoms with Gasteiger partial charge in [0.15, 0.2) is 0 Å². The number of carbonyl (C=O) groups is 1. The zero-order valence-corrected chi connectivity index (χ0v) is 19.0. The van der Waals surface area contributed by atoms with Gasteiger partial charge in [-0.25, -0.2) is 4.79 Å². The summed E-state index contributed by atoms with van der Waals surface area (Å²) in [5.41, 5.74) is 3.99. The van der Waals surface area contributed by atoms with Gasteiger partial charge in [0.05, 0.1) is 11.3 Å². The van der Waals surface area contributed by atoms with Gasteiger partial charge in [-0.3, -0.25) is 4.79 Å². The van der Waals surface area contributed by atoms with Gasteiger partial charge in [-0.1, -0.05) is 48.0 Å². The molecular weight excluding hydrogens is 435 g/mol. The number of likely N-dealkylation sites (N-methyl/N-ethyl adjacent to an activating group) is 1. The van der Waals surface area contributed by atoms with Gasteiger partial charge < -0.3 is 14.2 Å². The van der Waals surface area contributed by atoms with E-state index in [2.05, 4.69) is 0 Å². The Labute approximate surface area is 192 Å². The van der Waals surface area contributed by atoms with Crippen LogP contribution in [0.25, 0.3) is 22.4 Å². The Bertz CT molecular complexity index is 1160. The van der Waals surface area contributed by atoms with Crippen LogP contribution in [0.5, 0.6) is 0 Å². The Morgan fingerprint density at radius 2 is 1.84 bits per heavy atom. The molecule has 3 aromatic rings. The number of ether oxygens (including phenoxy) is 1. The molecule has 7 heteroatoms. The maximum absolute atomic E-state index is 13.4. The van der Waals surface area contributed by atoms with Crippen molar-refractivity contribution in [2.24, 2.45) is 0 Å². The zero-order valence-electron chi connectivity index (χ0n) is 17.4. The van der Waals surface area contributed by atoms with Gasteiger partial charge in [0, 0.05) is 29.2 Å². The SMILES string of the molecule is CN(C)CCOC(=O)c1cc(-c2ccccc2)c(=O)n2c1-c1cc(Cl)ccc1CC2.Cl. The van der Waals surface area contributed by atoms with Crippen LogP contribution in [-0.4, -0.2) is 42.7 Å². The van der Waals surface area contributed by atoms with Gasteiger partial charge in [0.25, 0.3) is 5.56 Å². The van der Waals surface area contributed by atoms with Crippen molar-refractivity contribution >= 4 is 30.0 Å². The quantitative estimate of drug-likeness (QED) is 0.526. The lowest BCUT2D eigenvalue weighted by Crippen LogP contribution is -2.30. The summed E-state index contributed by atoms with van der Waals surface area (Å²) >= 11 is 6.25. The van der Waals surface area contributed by atoms with E-state index in [0.717, 1.165) is 16.7 Å². The Hall–Kier alpha value is -2.60. The number of carbonyl (C=O) groups excluding carboxylic acids is 1. The summed E-state index contributed by atoms with van der Waals surface area (Å²) in [5, 5.41) is 0.564. The van der Waals surface area contributed by atoms with Crippen LogP contribution in [0.15, 0.2) is 59.4 Å². The second kappa shape index (κ2) is 9.69. The van der Waals surface area contributed by atoms with Crippen molar-refractivity contribution in [2.75, 3.05) is 27.2 Å². The van der Waals surface area contributed by atoms with Crippen molar-refractivity contribution in [2.45, 2.75) is 13.0 Å². The standard InChI is InChI=1S/C24H23ClN2O3.ClH/c1-26(2)12-13-30-24(29)21-15-20(16-6-4-3-5-7-16)23(28)27-11-10-17-8-9-18(25)14-19(17)22(21)27;/h3-9,14-15H,10-13H2,1-2H3;1H. The maximum atomic E-state index is 13.4. The van der Waals surface area contributed by atoms with Crippen molar-refractivity contribution in [3.05, 3.63) is 81.1 Å². The van der Waals surface area contributed by atoms with Crippen molar-refractivity contribution in [3.8, 4) is 22.4 Å². The van der Waals surface area contributed by atoms with Crippen LogP contribution in [0.2, 0.25) is 5.02 Å². The van der Waals surface area contributed by atoms with Crippen LogP contribution >= 0.6 is 24.0 Å². The molecule has 0 aliphatic carbocycles. The maximum Gasteiger partial charge on any atom is 0.340 e. The van der Waals surface area contributed by atoms with Crippen LogP contribution < -0.4 is 5.56 Å². The van der Waals surface area contributed by atoms with E-state index in [4.69, 9.17) is 16.3 Å². The third-order valence-electron chi connectivity index (χ3n) is 5.30. The lowest BCUT2D eigenvalue weighted by molar-refractivity contribution is 0.0482. The van der Waals surface area contributed by atoms with Gasteiger partial charge in [-0.2, -0.15) is 0 Å². The molecule has 1 aliphatic heterocycles. The molecule has 0 unspecified atom stereocenters. The van der Waals surface area contributed by atoms with Crippen molar-refractivity contribution < 1.29 is 9.53 Å². The second-order valence-corrected chi connectivity index (χ2v) is 8.07. The van der Waals surface area contributed by atoms with E-state index in [0.29, 0.717) is 41.4 Å². The monoisotopic (exact) mass is 458 g/mol. The lowest BCUT2D eigenvalue weighted by atomic mass is 9.92. The van der Waals surface area contributed by atoms with Crippen molar-refractivity contribution in [3.63, 3.8) is 0 Å². The molecule has 0 bridgehead atoms. The summed E-state index contributed by atoms with van der Waals surface area (Å²) in [4.78, 5) is 28.4. The fourth-order valence-electron chi connectivity index (χ4n) is 3.77. The van der Waals surface area contributed by atoms with Gasteiger partial charge in [0.1, 0.15) is 6.61 Å². The van der Waals surface area contributed by atoms with Gasteiger partial charge in [-0.15, -0.1) is 12.4 Å². The fraction of sp³-hybridized carbons (Fsp3) is 0.250. The van der Waals surface area contributed by atoms with Gasteiger partial charge in [-0.05, 0) is 49.8 Å². The summed E-state index contributed by atoms with van der Waals surface area (Å²) in [6, 6.07) is 16.7. The molecule has 0 amide bonds. The van der Waals surface area contributed by atoms with E-state index in [1.807, 2.05) is 67.5 Å². The number of hydrogen-bond donors (Lipinski definition) is 0. The topological polar surface area (TPSA) is 51.5 Å². The molecule has 0 atom stereocenters. The number of esters is 1. The van der Waals surface area contributed by atoms with E-state index in [9.17, 15) is 9.59 Å². The van der Waals surface area contributed by atoms with Crippen molar-refractivity contribution in [1.29, 1.82) is 0 Å². The minimum atomic E-state index is -0.439. The number of benzene rings is 2. The largest absolute Gasteiger partial charge is 0.461 e. The van der Waals surface area contributed by atoms with E-state index in [-0.39, 0.29) is 24.6 Å². The fourth-order valence-corrected chi connectivity index (χ4v) is 3.94. The number of aromatic nitrogens is 1.